The van der Waals surface area contributed by atoms with E-state index >= 15 is 0 Å². The molecule has 0 fully saturated rings. The van der Waals surface area contributed by atoms with E-state index in [4.69, 9.17) is 11.6 Å². The summed E-state index contributed by atoms with van der Waals surface area (Å²) in [7, 11) is 0. The van der Waals surface area contributed by atoms with Gasteiger partial charge in [0.15, 0.2) is 0 Å². The van der Waals surface area contributed by atoms with Crippen molar-refractivity contribution in [1.82, 2.24) is 9.97 Å². The van der Waals surface area contributed by atoms with Gasteiger partial charge in [0.2, 0.25) is 0 Å². The van der Waals surface area contributed by atoms with Crippen molar-refractivity contribution in [2.75, 3.05) is 0 Å². The van der Waals surface area contributed by atoms with Crippen molar-refractivity contribution in [3.8, 4) is 22.6 Å². The Hall–Kier alpha value is -2.18. The molecular formula is C15H9BrClN3O2. The van der Waals surface area contributed by atoms with Crippen LogP contribution in [0.4, 0.5) is 5.69 Å². The fraction of sp³-hybridized carbons (Fsp3) is 0. The van der Waals surface area contributed by atoms with Crippen LogP contribution >= 0.6 is 27.5 Å². The van der Waals surface area contributed by atoms with Crippen molar-refractivity contribution < 1.29 is 4.92 Å². The minimum Gasteiger partial charge on any atom is -0.338 e. The molecule has 1 aromatic heterocycles. The molecule has 0 aliphatic heterocycles. The van der Waals surface area contributed by atoms with E-state index in [1.165, 1.54) is 12.1 Å². The number of halogens is 2. The highest BCUT2D eigenvalue weighted by Crippen LogP contribution is 2.30. The largest absolute Gasteiger partial charge is 0.338 e. The number of aromatic amines is 1. The first-order chi connectivity index (χ1) is 10.5. The quantitative estimate of drug-likeness (QED) is 0.511. The topological polar surface area (TPSA) is 71.8 Å². The zero-order valence-electron chi connectivity index (χ0n) is 11.1. The summed E-state index contributed by atoms with van der Waals surface area (Å²) in [6, 6.07) is 12.4. The number of nitro groups is 1. The van der Waals surface area contributed by atoms with Gasteiger partial charge in [0.25, 0.3) is 5.69 Å². The highest BCUT2D eigenvalue weighted by atomic mass is 79.9. The molecule has 110 valence electrons. The Balaban J connectivity index is 1.99. The van der Waals surface area contributed by atoms with Crippen molar-refractivity contribution in [3.05, 3.63) is 68.3 Å². The molecule has 22 heavy (non-hydrogen) atoms. The number of aromatic nitrogens is 2. The molecule has 1 heterocycles. The lowest BCUT2D eigenvalue weighted by atomic mass is 10.2. The van der Waals surface area contributed by atoms with Crippen LogP contribution in [0.2, 0.25) is 5.02 Å². The third kappa shape index (κ3) is 2.88. The van der Waals surface area contributed by atoms with Gasteiger partial charge in [-0.25, -0.2) is 4.98 Å². The SMILES string of the molecule is O=[N+]([O-])c1cc(-c2ncc(-c3ccc(Br)cc3)[nH]2)ccc1Cl. The predicted molar refractivity (Wildman–Crippen MR) is 88.8 cm³/mol. The lowest BCUT2D eigenvalue weighted by molar-refractivity contribution is -0.384. The first kappa shape index (κ1) is 14.7. The Labute approximate surface area is 139 Å². The van der Waals surface area contributed by atoms with Crippen LogP contribution in [0.1, 0.15) is 0 Å². The van der Waals surface area contributed by atoms with E-state index in [9.17, 15) is 10.1 Å². The van der Waals surface area contributed by atoms with Crippen LogP contribution < -0.4 is 0 Å². The van der Waals surface area contributed by atoms with Crippen molar-refractivity contribution in [2.24, 2.45) is 0 Å². The Morgan fingerprint density at radius 3 is 2.50 bits per heavy atom. The molecule has 0 unspecified atom stereocenters. The molecule has 5 nitrogen and oxygen atoms in total. The van der Waals surface area contributed by atoms with E-state index in [1.807, 2.05) is 24.3 Å². The third-order valence-electron chi connectivity index (χ3n) is 3.15. The van der Waals surface area contributed by atoms with E-state index < -0.39 is 4.92 Å². The highest BCUT2D eigenvalue weighted by molar-refractivity contribution is 9.10. The number of imidazole rings is 1. The van der Waals surface area contributed by atoms with Crippen molar-refractivity contribution in [2.45, 2.75) is 0 Å². The third-order valence-corrected chi connectivity index (χ3v) is 4.00. The number of hydrogen-bond acceptors (Lipinski definition) is 3. The summed E-state index contributed by atoms with van der Waals surface area (Å²) in [4.78, 5) is 17.9. The minimum atomic E-state index is -0.510. The van der Waals surface area contributed by atoms with Crippen LogP contribution in [0, 0.1) is 10.1 Å². The Morgan fingerprint density at radius 2 is 1.82 bits per heavy atom. The van der Waals surface area contributed by atoms with E-state index in [2.05, 4.69) is 25.9 Å². The normalized spacial score (nSPS) is 10.6. The van der Waals surface area contributed by atoms with Crippen molar-refractivity contribution in [1.29, 1.82) is 0 Å². The monoisotopic (exact) mass is 377 g/mol. The van der Waals surface area contributed by atoms with Crippen LogP contribution in [0.3, 0.4) is 0 Å². The van der Waals surface area contributed by atoms with Gasteiger partial charge in [0.1, 0.15) is 10.8 Å². The molecule has 0 aliphatic rings. The van der Waals surface area contributed by atoms with E-state index in [1.54, 1.807) is 12.3 Å². The summed E-state index contributed by atoms with van der Waals surface area (Å²) < 4.78 is 0.990. The molecule has 0 bridgehead atoms. The predicted octanol–water partition coefficient (Wildman–Crippen LogP) is 5.07. The van der Waals surface area contributed by atoms with Gasteiger partial charge in [0, 0.05) is 16.1 Å². The number of rotatable bonds is 3. The molecule has 3 rings (SSSR count). The van der Waals surface area contributed by atoms with Crippen LogP contribution in [0.25, 0.3) is 22.6 Å². The number of H-pyrrole nitrogens is 1. The smallest absolute Gasteiger partial charge is 0.288 e. The molecule has 0 aliphatic carbocycles. The number of nitrogens with one attached hydrogen (secondary N) is 1. The summed E-state index contributed by atoms with van der Waals surface area (Å²) in [6.45, 7) is 0. The lowest BCUT2D eigenvalue weighted by Crippen LogP contribution is -1.90. The van der Waals surface area contributed by atoms with E-state index in [0.717, 1.165) is 15.7 Å². The fourth-order valence-electron chi connectivity index (χ4n) is 2.04. The van der Waals surface area contributed by atoms with Crippen LogP contribution in [0.15, 0.2) is 53.1 Å². The Kier molecular flexibility index (Phi) is 3.96. The standard InChI is InChI=1S/C15H9BrClN3O2/c16-11-4-1-9(2-5-11)13-8-18-15(19-13)10-3-6-12(17)14(7-10)20(21)22/h1-8H,(H,18,19). The van der Waals surface area contributed by atoms with Gasteiger partial charge < -0.3 is 4.98 Å². The van der Waals surface area contributed by atoms with E-state index in [-0.39, 0.29) is 10.7 Å². The maximum absolute atomic E-state index is 10.9. The average Bonchev–Trinajstić information content (AvgIpc) is 2.98. The van der Waals surface area contributed by atoms with Gasteiger partial charge in [-0.2, -0.15) is 0 Å². The van der Waals surface area contributed by atoms with Crippen LogP contribution in [-0.4, -0.2) is 14.9 Å². The molecule has 3 aromatic rings. The summed E-state index contributed by atoms with van der Waals surface area (Å²) in [5.74, 6) is 0.553. The first-order valence-electron chi connectivity index (χ1n) is 6.30. The molecule has 0 spiro atoms. The summed E-state index contributed by atoms with van der Waals surface area (Å²) in [5, 5.41) is 11.1. The maximum Gasteiger partial charge on any atom is 0.288 e. The Morgan fingerprint density at radius 1 is 1.14 bits per heavy atom. The Bertz CT molecular complexity index is 846. The molecule has 0 atom stereocenters. The molecule has 0 radical (unpaired) electrons. The molecule has 0 saturated heterocycles. The molecule has 0 saturated carbocycles. The number of nitro benzene ring substituents is 1. The molecule has 0 amide bonds. The molecule has 7 heteroatoms. The average molecular weight is 379 g/mol. The number of hydrogen-bond donors (Lipinski definition) is 1. The van der Waals surface area contributed by atoms with Gasteiger partial charge in [-0.05, 0) is 29.8 Å². The zero-order chi connectivity index (χ0) is 15.7. The van der Waals surface area contributed by atoms with Gasteiger partial charge in [-0.15, -0.1) is 0 Å². The molecule has 1 N–H and O–H groups in total. The van der Waals surface area contributed by atoms with Gasteiger partial charge in [-0.1, -0.05) is 39.7 Å². The van der Waals surface area contributed by atoms with Gasteiger partial charge in [-0.3, -0.25) is 10.1 Å². The second-order valence-corrected chi connectivity index (χ2v) is 5.90. The van der Waals surface area contributed by atoms with Crippen molar-refractivity contribution >= 4 is 33.2 Å². The summed E-state index contributed by atoms with van der Waals surface area (Å²) in [5.41, 5.74) is 2.28. The van der Waals surface area contributed by atoms with Gasteiger partial charge >= 0.3 is 0 Å². The van der Waals surface area contributed by atoms with Gasteiger partial charge in [0.05, 0.1) is 16.8 Å². The zero-order valence-corrected chi connectivity index (χ0v) is 13.4. The molecule has 2 aromatic carbocycles. The number of nitrogens with zero attached hydrogens (tertiary/aromatic N) is 2. The second kappa shape index (κ2) is 5.90. The van der Waals surface area contributed by atoms with E-state index in [0.29, 0.717) is 11.4 Å². The second-order valence-electron chi connectivity index (χ2n) is 4.58. The first-order valence-corrected chi connectivity index (χ1v) is 7.47. The number of benzene rings is 2. The fourth-order valence-corrected chi connectivity index (χ4v) is 2.49. The summed E-state index contributed by atoms with van der Waals surface area (Å²) >= 11 is 9.20. The van der Waals surface area contributed by atoms with Crippen LogP contribution in [-0.2, 0) is 0 Å². The highest BCUT2D eigenvalue weighted by Gasteiger charge is 2.15. The van der Waals surface area contributed by atoms with Crippen molar-refractivity contribution in [3.63, 3.8) is 0 Å². The van der Waals surface area contributed by atoms with Crippen LogP contribution in [0.5, 0.6) is 0 Å². The molecular weight excluding hydrogens is 370 g/mol. The lowest BCUT2D eigenvalue weighted by Gasteiger charge is -2.00. The minimum absolute atomic E-state index is 0.105. The summed E-state index contributed by atoms with van der Waals surface area (Å²) in [6.07, 6.45) is 1.69. The maximum atomic E-state index is 10.9.